The fourth-order valence-corrected chi connectivity index (χ4v) is 2.70. The lowest BCUT2D eigenvalue weighted by atomic mass is 10.1. The van der Waals surface area contributed by atoms with Crippen LogP contribution < -0.4 is 5.73 Å². The number of benzene rings is 2. The average molecular weight is 313 g/mol. The molecule has 4 nitrogen and oxygen atoms in total. The summed E-state index contributed by atoms with van der Waals surface area (Å²) in [5, 5.41) is 9.22. The van der Waals surface area contributed by atoms with Crippen LogP contribution in [0.1, 0.15) is 16.8 Å². The second-order valence-corrected chi connectivity index (χ2v) is 5.67. The number of aryl methyl sites for hydroxylation is 1. The zero-order chi connectivity index (χ0) is 15.7. The van der Waals surface area contributed by atoms with Gasteiger partial charge in [-0.15, -0.1) is 5.10 Å². The lowest BCUT2D eigenvalue weighted by Gasteiger charge is -2.12. The molecule has 2 N–H and O–H groups in total. The summed E-state index contributed by atoms with van der Waals surface area (Å²) in [5.74, 6) is 0. The van der Waals surface area contributed by atoms with Gasteiger partial charge in [0.05, 0.1) is 11.4 Å². The minimum atomic E-state index is 0.326. The van der Waals surface area contributed by atoms with E-state index in [0.717, 1.165) is 22.6 Å². The van der Waals surface area contributed by atoms with Gasteiger partial charge in [0, 0.05) is 17.1 Å². The maximum Gasteiger partial charge on any atom is 0.105 e. The Bertz CT molecular complexity index is 823. The van der Waals surface area contributed by atoms with Crippen molar-refractivity contribution in [1.29, 1.82) is 0 Å². The van der Waals surface area contributed by atoms with Gasteiger partial charge in [-0.1, -0.05) is 41.1 Å². The molecule has 112 valence electrons. The summed E-state index contributed by atoms with van der Waals surface area (Å²) in [7, 11) is 0. The Morgan fingerprint density at radius 2 is 1.91 bits per heavy atom. The van der Waals surface area contributed by atoms with Crippen LogP contribution in [0.2, 0.25) is 5.02 Å². The molecule has 1 heterocycles. The highest BCUT2D eigenvalue weighted by molar-refractivity contribution is 6.30. The minimum absolute atomic E-state index is 0.326. The fraction of sp³-hybridized carbons (Fsp3) is 0.176. The van der Waals surface area contributed by atoms with E-state index < -0.39 is 0 Å². The number of nitrogens with zero attached hydrogens (tertiary/aromatic N) is 3. The maximum absolute atomic E-state index is 6.13. The van der Waals surface area contributed by atoms with E-state index in [1.807, 2.05) is 41.1 Å². The summed E-state index contributed by atoms with van der Waals surface area (Å²) < 4.78 is 1.84. The smallest absolute Gasteiger partial charge is 0.105 e. The van der Waals surface area contributed by atoms with Gasteiger partial charge in [-0.25, -0.2) is 4.68 Å². The largest absolute Gasteiger partial charge is 0.325 e. The highest BCUT2D eigenvalue weighted by atomic mass is 35.5. The third-order valence-corrected chi connectivity index (χ3v) is 4.07. The summed E-state index contributed by atoms with van der Waals surface area (Å²) in [6.45, 7) is 4.49. The first-order valence-corrected chi connectivity index (χ1v) is 7.46. The molecule has 22 heavy (non-hydrogen) atoms. The van der Waals surface area contributed by atoms with E-state index in [2.05, 4.69) is 30.2 Å². The number of halogens is 1. The van der Waals surface area contributed by atoms with Gasteiger partial charge in [0.1, 0.15) is 5.69 Å². The van der Waals surface area contributed by atoms with Crippen molar-refractivity contribution in [1.82, 2.24) is 15.0 Å². The van der Waals surface area contributed by atoms with Crippen LogP contribution >= 0.6 is 11.6 Å². The summed E-state index contributed by atoms with van der Waals surface area (Å²) in [4.78, 5) is 0. The van der Waals surface area contributed by atoms with Crippen molar-refractivity contribution >= 4 is 11.6 Å². The lowest BCUT2D eigenvalue weighted by Crippen LogP contribution is -2.04. The summed E-state index contributed by atoms with van der Waals surface area (Å²) in [6.07, 6.45) is 0. The van der Waals surface area contributed by atoms with Gasteiger partial charge in [0.2, 0.25) is 0 Å². The van der Waals surface area contributed by atoms with Gasteiger partial charge in [0.25, 0.3) is 0 Å². The molecule has 3 aromatic rings. The third kappa shape index (κ3) is 2.51. The standard InChI is InChI=1S/C17H17ClN4/c1-11-5-3-8-16(12(11)2)22-17(15(10-19)20-21-22)13-6-4-7-14(18)9-13/h3-9H,10,19H2,1-2H3. The van der Waals surface area contributed by atoms with Crippen LogP contribution in [-0.4, -0.2) is 15.0 Å². The average Bonchev–Trinajstić information content (AvgIpc) is 2.93. The third-order valence-electron chi connectivity index (χ3n) is 3.84. The second-order valence-electron chi connectivity index (χ2n) is 5.23. The summed E-state index contributed by atoms with van der Waals surface area (Å²) in [6, 6.07) is 13.8. The molecule has 1 aromatic heterocycles. The first-order valence-electron chi connectivity index (χ1n) is 7.09. The molecule has 0 aliphatic rings. The Morgan fingerprint density at radius 3 is 2.64 bits per heavy atom. The molecular weight excluding hydrogens is 296 g/mol. The fourth-order valence-electron chi connectivity index (χ4n) is 2.51. The normalized spacial score (nSPS) is 10.9. The number of rotatable bonds is 3. The molecule has 0 fully saturated rings. The zero-order valence-electron chi connectivity index (χ0n) is 12.5. The Morgan fingerprint density at radius 1 is 1.14 bits per heavy atom. The number of nitrogens with two attached hydrogens (primary N) is 1. The van der Waals surface area contributed by atoms with Crippen molar-refractivity contribution in [3.8, 4) is 16.9 Å². The van der Waals surface area contributed by atoms with Crippen LogP contribution in [0.4, 0.5) is 0 Å². The molecule has 0 atom stereocenters. The van der Waals surface area contributed by atoms with E-state index in [1.54, 1.807) is 0 Å². The van der Waals surface area contributed by atoms with E-state index in [9.17, 15) is 0 Å². The van der Waals surface area contributed by atoms with Crippen molar-refractivity contribution < 1.29 is 0 Å². The molecule has 2 aromatic carbocycles. The maximum atomic E-state index is 6.13. The zero-order valence-corrected chi connectivity index (χ0v) is 13.3. The van der Waals surface area contributed by atoms with Crippen LogP contribution in [0, 0.1) is 13.8 Å². The van der Waals surface area contributed by atoms with E-state index in [-0.39, 0.29) is 0 Å². The van der Waals surface area contributed by atoms with E-state index in [0.29, 0.717) is 11.6 Å². The van der Waals surface area contributed by atoms with Crippen molar-refractivity contribution in [3.63, 3.8) is 0 Å². The quantitative estimate of drug-likeness (QED) is 0.803. The first kappa shape index (κ1) is 14.8. The van der Waals surface area contributed by atoms with Gasteiger partial charge in [-0.05, 0) is 43.2 Å². The number of hydrogen-bond acceptors (Lipinski definition) is 3. The number of hydrogen-bond donors (Lipinski definition) is 1. The van der Waals surface area contributed by atoms with E-state index in [1.165, 1.54) is 11.1 Å². The molecule has 0 saturated heterocycles. The van der Waals surface area contributed by atoms with Gasteiger partial charge in [-0.2, -0.15) is 0 Å². The predicted molar refractivity (Wildman–Crippen MR) is 89.2 cm³/mol. The molecule has 0 aliphatic carbocycles. The van der Waals surface area contributed by atoms with Gasteiger partial charge in [0.15, 0.2) is 0 Å². The van der Waals surface area contributed by atoms with Crippen LogP contribution in [0.3, 0.4) is 0 Å². The molecular formula is C17H17ClN4. The SMILES string of the molecule is Cc1cccc(-n2nnc(CN)c2-c2cccc(Cl)c2)c1C. The molecule has 0 radical (unpaired) electrons. The molecule has 5 heteroatoms. The van der Waals surface area contributed by atoms with Crippen molar-refractivity contribution in [2.45, 2.75) is 20.4 Å². The molecule has 0 unspecified atom stereocenters. The highest BCUT2D eigenvalue weighted by Gasteiger charge is 2.17. The molecule has 0 saturated carbocycles. The van der Waals surface area contributed by atoms with Crippen LogP contribution in [0.5, 0.6) is 0 Å². The summed E-state index contributed by atoms with van der Waals surface area (Å²) >= 11 is 6.13. The van der Waals surface area contributed by atoms with Crippen LogP contribution in [-0.2, 0) is 6.54 Å². The second kappa shape index (κ2) is 5.91. The lowest BCUT2D eigenvalue weighted by molar-refractivity contribution is 0.795. The Balaban J connectivity index is 2.26. The molecule has 0 aliphatic heterocycles. The minimum Gasteiger partial charge on any atom is -0.325 e. The van der Waals surface area contributed by atoms with Crippen molar-refractivity contribution in [3.05, 3.63) is 64.3 Å². The molecule has 0 spiro atoms. The summed E-state index contributed by atoms with van der Waals surface area (Å²) in [5.41, 5.74) is 11.8. The van der Waals surface area contributed by atoms with Crippen LogP contribution in [0.25, 0.3) is 16.9 Å². The predicted octanol–water partition coefficient (Wildman–Crippen LogP) is 3.66. The molecule has 0 amide bonds. The molecule has 3 rings (SSSR count). The first-order chi connectivity index (χ1) is 10.6. The van der Waals surface area contributed by atoms with Gasteiger partial charge >= 0.3 is 0 Å². The van der Waals surface area contributed by atoms with Gasteiger partial charge in [-0.3, -0.25) is 0 Å². The Labute approximate surface area is 134 Å². The van der Waals surface area contributed by atoms with Crippen molar-refractivity contribution in [2.75, 3.05) is 0 Å². The topological polar surface area (TPSA) is 56.7 Å². The highest BCUT2D eigenvalue weighted by Crippen LogP contribution is 2.28. The van der Waals surface area contributed by atoms with E-state index in [4.69, 9.17) is 17.3 Å². The number of aromatic nitrogens is 3. The Hall–Kier alpha value is -2.17. The van der Waals surface area contributed by atoms with E-state index >= 15 is 0 Å². The molecule has 0 bridgehead atoms. The van der Waals surface area contributed by atoms with Crippen molar-refractivity contribution in [2.24, 2.45) is 5.73 Å². The van der Waals surface area contributed by atoms with Gasteiger partial charge < -0.3 is 5.73 Å². The Kier molecular flexibility index (Phi) is 3.96. The van der Waals surface area contributed by atoms with Crippen LogP contribution in [0.15, 0.2) is 42.5 Å². The monoisotopic (exact) mass is 312 g/mol.